The molecule has 0 bridgehead atoms. The SMILES string of the molecule is COCC(=O)N1CCCC2(CC(CN(C)C3CC3)CO2)C1.O=C(O)C(F)(F)F. The van der Waals surface area contributed by atoms with Crippen molar-refractivity contribution in [2.24, 2.45) is 5.92 Å². The van der Waals surface area contributed by atoms with Crippen LogP contribution < -0.4 is 0 Å². The number of halogens is 3. The van der Waals surface area contributed by atoms with Crippen LogP contribution in [-0.2, 0) is 19.1 Å². The van der Waals surface area contributed by atoms with E-state index in [4.69, 9.17) is 19.4 Å². The van der Waals surface area contributed by atoms with Crippen molar-refractivity contribution < 1.29 is 37.3 Å². The molecule has 7 nitrogen and oxygen atoms in total. The van der Waals surface area contributed by atoms with E-state index in [-0.39, 0.29) is 18.1 Å². The first kappa shape index (κ1) is 22.9. The Morgan fingerprint density at radius 2 is 2.00 bits per heavy atom. The number of hydrogen-bond acceptors (Lipinski definition) is 5. The van der Waals surface area contributed by atoms with Gasteiger partial charge < -0.3 is 24.4 Å². The quantitative estimate of drug-likeness (QED) is 0.744. The van der Waals surface area contributed by atoms with E-state index in [0.717, 1.165) is 51.5 Å². The molecule has 28 heavy (non-hydrogen) atoms. The average Bonchev–Trinajstić information content (AvgIpc) is 3.40. The molecule has 1 spiro atoms. The summed E-state index contributed by atoms with van der Waals surface area (Å²) >= 11 is 0. The zero-order valence-corrected chi connectivity index (χ0v) is 16.3. The van der Waals surface area contributed by atoms with Crippen LogP contribution in [0.3, 0.4) is 0 Å². The molecule has 10 heteroatoms. The van der Waals surface area contributed by atoms with Crippen molar-refractivity contribution in [1.82, 2.24) is 9.80 Å². The minimum Gasteiger partial charge on any atom is -0.475 e. The monoisotopic (exact) mass is 410 g/mol. The van der Waals surface area contributed by atoms with Crippen LogP contribution in [0.25, 0.3) is 0 Å². The number of rotatable bonds is 5. The highest BCUT2D eigenvalue weighted by molar-refractivity contribution is 5.77. The lowest BCUT2D eigenvalue weighted by Crippen LogP contribution is -2.51. The first-order valence-electron chi connectivity index (χ1n) is 9.47. The number of carboxylic acid groups (broad SMARTS) is 1. The third kappa shape index (κ3) is 6.59. The van der Waals surface area contributed by atoms with Gasteiger partial charge in [0.15, 0.2) is 0 Å². The van der Waals surface area contributed by atoms with Crippen LogP contribution in [0.1, 0.15) is 32.1 Å². The fourth-order valence-electron chi connectivity index (χ4n) is 3.94. The smallest absolute Gasteiger partial charge is 0.475 e. The fraction of sp³-hybridized carbons (Fsp3) is 0.889. The average molecular weight is 410 g/mol. The van der Waals surface area contributed by atoms with Gasteiger partial charge in [0, 0.05) is 32.8 Å². The van der Waals surface area contributed by atoms with Crippen LogP contribution in [0.15, 0.2) is 0 Å². The summed E-state index contributed by atoms with van der Waals surface area (Å²) in [6.45, 7) is 3.77. The maximum atomic E-state index is 12.0. The number of likely N-dealkylation sites (tertiary alicyclic amines) is 1. The Labute approximate surface area is 162 Å². The number of carbonyl (C=O) groups is 2. The number of carbonyl (C=O) groups excluding carboxylic acids is 1. The lowest BCUT2D eigenvalue weighted by atomic mass is 9.86. The molecule has 162 valence electrons. The summed E-state index contributed by atoms with van der Waals surface area (Å²) in [4.78, 5) is 25.3. The van der Waals surface area contributed by atoms with Crippen LogP contribution in [0.2, 0.25) is 0 Å². The number of methoxy groups -OCH3 is 1. The van der Waals surface area contributed by atoms with Crippen molar-refractivity contribution in [3.8, 4) is 0 Å². The van der Waals surface area contributed by atoms with Gasteiger partial charge in [0.1, 0.15) is 6.61 Å². The van der Waals surface area contributed by atoms with Crippen LogP contribution in [0.4, 0.5) is 13.2 Å². The van der Waals surface area contributed by atoms with E-state index in [0.29, 0.717) is 5.92 Å². The molecule has 3 aliphatic rings. The lowest BCUT2D eigenvalue weighted by molar-refractivity contribution is -0.192. The Bertz CT molecular complexity index is 556. The summed E-state index contributed by atoms with van der Waals surface area (Å²) < 4.78 is 42.9. The van der Waals surface area contributed by atoms with Crippen LogP contribution >= 0.6 is 0 Å². The fourth-order valence-corrected chi connectivity index (χ4v) is 3.94. The van der Waals surface area contributed by atoms with Gasteiger partial charge in [-0.25, -0.2) is 4.79 Å². The molecule has 1 N–H and O–H groups in total. The first-order chi connectivity index (χ1) is 13.1. The zero-order chi connectivity index (χ0) is 20.9. The van der Waals surface area contributed by atoms with E-state index in [9.17, 15) is 18.0 Å². The number of carboxylic acids is 1. The molecule has 3 rings (SSSR count). The largest absolute Gasteiger partial charge is 0.490 e. The van der Waals surface area contributed by atoms with Crippen molar-refractivity contribution in [2.75, 3.05) is 47.0 Å². The molecule has 0 aromatic carbocycles. The molecule has 2 unspecified atom stereocenters. The molecule has 0 aromatic heterocycles. The van der Waals surface area contributed by atoms with Gasteiger partial charge >= 0.3 is 12.1 Å². The molecule has 1 saturated carbocycles. The number of nitrogens with zero attached hydrogens (tertiary/aromatic N) is 2. The van der Waals surface area contributed by atoms with E-state index in [2.05, 4.69) is 11.9 Å². The normalized spacial score (nSPS) is 27.6. The predicted octanol–water partition coefficient (Wildman–Crippen LogP) is 1.76. The third-order valence-electron chi connectivity index (χ3n) is 5.40. The molecule has 1 aliphatic carbocycles. The first-order valence-corrected chi connectivity index (χ1v) is 9.47. The molecular weight excluding hydrogens is 381 g/mol. The highest BCUT2D eigenvalue weighted by Gasteiger charge is 2.45. The van der Waals surface area contributed by atoms with Gasteiger partial charge in [-0.3, -0.25) is 4.79 Å². The summed E-state index contributed by atoms with van der Waals surface area (Å²) in [5, 5.41) is 7.12. The van der Waals surface area contributed by atoms with Gasteiger partial charge in [0.2, 0.25) is 5.91 Å². The standard InChI is InChI=1S/C16H28N2O3.C2HF3O2/c1-17(14-4-5-14)9-13-8-16(21-10-13)6-3-7-18(12-16)15(19)11-20-2;3-2(4,5)1(6)7/h13-14H,3-12H2,1-2H3;(H,6,7). The molecule has 2 saturated heterocycles. The summed E-state index contributed by atoms with van der Waals surface area (Å²) in [6.07, 6.45) is 0.859. The second-order valence-electron chi connectivity index (χ2n) is 7.89. The Morgan fingerprint density at radius 3 is 2.54 bits per heavy atom. The van der Waals surface area contributed by atoms with Gasteiger partial charge in [-0.2, -0.15) is 13.2 Å². The minimum atomic E-state index is -5.08. The molecule has 3 fully saturated rings. The van der Waals surface area contributed by atoms with Crippen LogP contribution in [-0.4, -0.2) is 91.6 Å². The van der Waals surface area contributed by atoms with Gasteiger partial charge in [0.25, 0.3) is 0 Å². The van der Waals surface area contributed by atoms with E-state index < -0.39 is 12.1 Å². The summed E-state index contributed by atoms with van der Waals surface area (Å²) in [5.74, 6) is -2.04. The number of alkyl halides is 3. The van der Waals surface area contributed by atoms with Gasteiger partial charge in [-0.1, -0.05) is 0 Å². The van der Waals surface area contributed by atoms with Crippen molar-refractivity contribution in [1.29, 1.82) is 0 Å². The Hall–Kier alpha value is -1.39. The van der Waals surface area contributed by atoms with E-state index in [1.807, 2.05) is 4.90 Å². The molecule has 2 aliphatic heterocycles. The number of amides is 1. The number of hydrogen-bond donors (Lipinski definition) is 1. The molecule has 2 heterocycles. The Balaban J connectivity index is 0.000000345. The van der Waals surface area contributed by atoms with E-state index in [1.165, 1.54) is 12.8 Å². The topological polar surface area (TPSA) is 79.3 Å². The third-order valence-corrected chi connectivity index (χ3v) is 5.40. The maximum absolute atomic E-state index is 12.0. The Kier molecular flexibility index (Phi) is 7.69. The van der Waals surface area contributed by atoms with Gasteiger partial charge in [-0.05, 0) is 45.1 Å². The Morgan fingerprint density at radius 1 is 1.36 bits per heavy atom. The van der Waals surface area contributed by atoms with E-state index >= 15 is 0 Å². The summed E-state index contributed by atoms with van der Waals surface area (Å²) in [7, 11) is 3.81. The molecule has 2 atom stereocenters. The van der Waals surface area contributed by atoms with Crippen molar-refractivity contribution in [3.63, 3.8) is 0 Å². The maximum Gasteiger partial charge on any atom is 0.490 e. The summed E-state index contributed by atoms with van der Waals surface area (Å²) in [6, 6.07) is 0.813. The second-order valence-corrected chi connectivity index (χ2v) is 7.89. The highest BCUT2D eigenvalue weighted by Crippen LogP contribution is 2.38. The minimum absolute atomic E-state index is 0.0866. The number of ether oxygens (including phenoxy) is 2. The van der Waals surface area contributed by atoms with Crippen LogP contribution in [0.5, 0.6) is 0 Å². The van der Waals surface area contributed by atoms with E-state index in [1.54, 1.807) is 7.11 Å². The molecule has 1 amide bonds. The molecular formula is C18H29F3N2O5. The highest BCUT2D eigenvalue weighted by atomic mass is 19.4. The predicted molar refractivity (Wildman–Crippen MR) is 93.8 cm³/mol. The van der Waals surface area contributed by atoms with Crippen molar-refractivity contribution >= 4 is 11.9 Å². The summed E-state index contributed by atoms with van der Waals surface area (Å²) in [5.41, 5.74) is -0.0866. The lowest BCUT2D eigenvalue weighted by Gasteiger charge is -2.39. The second kappa shape index (κ2) is 9.41. The zero-order valence-electron chi connectivity index (χ0n) is 16.3. The molecule has 0 aromatic rings. The van der Waals surface area contributed by atoms with Gasteiger partial charge in [-0.15, -0.1) is 0 Å². The van der Waals surface area contributed by atoms with Gasteiger partial charge in [0.05, 0.1) is 12.2 Å². The number of piperidine rings is 1. The van der Waals surface area contributed by atoms with Crippen molar-refractivity contribution in [3.05, 3.63) is 0 Å². The van der Waals surface area contributed by atoms with Crippen molar-refractivity contribution in [2.45, 2.75) is 49.9 Å². The van der Waals surface area contributed by atoms with Crippen LogP contribution in [0, 0.1) is 5.92 Å². The molecule has 0 radical (unpaired) electrons. The number of aliphatic carboxylic acids is 1.